The van der Waals surface area contributed by atoms with Gasteiger partial charge in [-0.15, -0.1) is 0 Å². The lowest BCUT2D eigenvalue weighted by Crippen LogP contribution is -2.31. The predicted octanol–water partition coefficient (Wildman–Crippen LogP) is 5.03. The Morgan fingerprint density at radius 2 is 2.05 bits per heavy atom. The first-order valence-corrected chi connectivity index (χ1v) is 8.15. The van der Waals surface area contributed by atoms with Crippen molar-refractivity contribution in [1.82, 2.24) is 5.32 Å². The van der Waals surface area contributed by atoms with E-state index in [1.165, 1.54) is 0 Å². The third-order valence-corrected chi connectivity index (χ3v) is 4.46. The van der Waals surface area contributed by atoms with Gasteiger partial charge in [0.25, 0.3) is 5.91 Å². The smallest absolute Gasteiger partial charge is 0.252 e. The second-order valence-corrected chi connectivity index (χ2v) is 8.20. The third-order valence-electron chi connectivity index (χ3n) is 2.51. The number of rotatable bonds is 4. The van der Waals surface area contributed by atoms with Crippen molar-refractivity contribution in [2.45, 2.75) is 32.0 Å². The monoisotopic (exact) mass is 409 g/mol. The lowest BCUT2D eigenvalue weighted by Gasteiger charge is -2.22. The summed E-state index contributed by atoms with van der Waals surface area (Å²) >= 11 is 13.0. The lowest BCUT2D eigenvalue weighted by molar-refractivity contribution is 0.0952. The van der Waals surface area contributed by atoms with E-state index >= 15 is 0 Å². The van der Waals surface area contributed by atoms with E-state index in [9.17, 15) is 4.79 Å². The van der Waals surface area contributed by atoms with Crippen LogP contribution in [0.5, 0.6) is 0 Å². The SMILES string of the molecule is CC(C)(C)CC(Br)CNC(=O)c1cccc(Br)c1Cl. The van der Waals surface area contributed by atoms with Gasteiger partial charge in [-0.1, -0.05) is 54.4 Å². The maximum absolute atomic E-state index is 12.1. The van der Waals surface area contributed by atoms with Crippen molar-refractivity contribution in [2.75, 3.05) is 6.54 Å². The standard InChI is InChI=1S/C14H18Br2ClNO/c1-14(2,3)7-9(15)8-18-13(19)10-5-4-6-11(16)12(10)17/h4-6,9H,7-8H2,1-3H3,(H,18,19). The van der Waals surface area contributed by atoms with Gasteiger partial charge in [0.15, 0.2) is 0 Å². The molecule has 0 saturated carbocycles. The second-order valence-electron chi connectivity index (χ2n) is 5.67. The first-order chi connectivity index (χ1) is 8.70. The van der Waals surface area contributed by atoms with Crippen LogP contribution in [0.15, 0.2) is 22.7 Å². The molecule has 1 N–H and O–H groups in total. The van der Waals surface area contributed by atoms with Gasteiger partial charge < -0.3 is 5.32 Å². The minimum atomic E-state index is -0.148. The minimum absolute atomic E-state index is 0.148. The van der Waals surface area contributed by atoms with Crippen LogP contribution < -0.4 is 5.32 Å². The van der Waals surface area contributed by atoms with Gasteiger partial charge in [0.2, 0.25) is 0 Å². The molecule has 0 heterocycles. The number of hydrogen-bond donors (Lipinski definition) is 1. The van der Waals surface area contributed by atoms with Crippen molar-refractivity contribution in [1.29, 1.82) is 0 Å². The molecule has 0 fully saturated rings. The summed E-state index contributed by atoms with van der Waals surface area (Å²) in [6.45, 7) is 7.11. The summed E-state index contributed by atoms with van der Waals surface area (Å²) in [4.78, 5) is 12.3. The molecule has 0 aromatic heterocycles. The topological polar surface area (TPSA) is 29.1 Å². The average molecular weight is 412 g/mol. The largest absolute Gasteiger partial charge is 0.351 e. The highest BCUT2D eigenvalue weighted by atomic mass is 79.9. The number of carbonyl (C=O) groups excluding carboxylic acids is 1. The molecule has 0 aliphatic heterocycles. The number of amides is 1. The quantitative estimate of drug-likeness (QED) is 0.692. The Labute approximate surface area is 136 Å². The Morgan fingerprint density at radius 3 is 2.63 bits per heavy atom. The summed E-state index contributed by atoms with van der Waals surface area (Å²) in [6, 6.07) is 5.33. The highest BCUT2D eigenvalue weighted by Gasteiger charge is 2.18. The summed E-state index contributed by atoms with van der Waals surface area (Å²) in [5.74, 6) is -0.148. The highest BCUT2D eigenvalue weighted by Crippen LogP contribution is 2.26. The summed E-state index contributed by atoms with van der Waals surface area (Å²) in [7, 11) is 0. The number of hydrogen-bond acceptors (Lipinski definition) is 1. The van der Waals surface area contributed by atoms with Crippen molar-refractivity contribution in [2.24, 2.45) is 5.41 Å². The molecule has 0 aliphatic carbocycles. The van der Waals surface area contributed by atoms with Gasteiger partial charge in [0.05, 0.1) is 10.6 Å². The van der Waals surface area contributed by atoms with Gasteiger partial charge >= 0.3 is 0 Å². The second kappa shape index (κ2) is 7.09. The number of carbonyl (C=O) groups is 1. The Bertz CT molecular complexity index is 457. The molecule has 1 unspecified atom stereocenters. The van der Waals surface area contributed by atoms with Crippen LogP contribution in [0.1, 0.15) is 37.6 Å². The molecule has 19 heavy (non-hydrogen) atoms. The van der Waals surface area contributed by atoms with Crippen LogP contribution in [0, 0.1) is 5.41 Å². The summed E-state index contributed by atoms with van der Waals surface area (Å²) < 4.78 is 0.729. The first-order valence-electron chi connectivity index (χ1n) is 6.07. The van der Waals surface area contributed by atoms with Gasteiger partial charge in [-0.05, 0) is 39.9 Å². The van der Waals surface area contributed by atoms with Crippen LogP contribution in [-0.2, 0) is 0 Å². The molecule has 0 saturated heterocycles. The van der Waals surface area contributed by atoms with E-state index in [4.69, 9.17) is 11.6 Å². The number of alkyl halides is 1. The molecule has 5 heteroatoms. The van der Waals surface area contributed by atoms with Crippen LogP contribution in [0.3, 0.4) is 0 Å². The average Bonchev–Trinajstić information content (AvgIpc) is 2.27. The molecule has 1 aromatic rings. The van der Waals surface area contributed by atoms with E-state index in [-0.39, 0.29) is 16.1 Å². The molecular formula is C14H18Br2ClNO. The van der Waals surface area contributed by atoms with Crippen molar-refractivity contribution in [3.63, 3.8) is 0 Å². The van der Waals surface area contributed by atoms with E-state index in [0.29, 0.717) is 17.1 Å². The van der Waals surface area contributed by atoms with E-state index < -0.39 is 0 Å². The zero-order valence-corrected chi connectivity index (χ0v) is 15.2. The molecule has 0 bridgehead atoms. The third kappa shape index (κ3) is 5.84. The molecule has 0 spiro atoms. The number of benzene rings is 1. The normalized spacial score (nSPS) is 13.2. The predicted molar refractivity (Wildman–Crippen MR) is 88.3 cm³/mol. The van der Waals surface area contributed by atoms with Gasteiger partial charge in [-0.25, -0.2) is 0 Å². The highest BCUT2D eigenvalue weighted by molar-refractivity contribution is 9.10. The van der Waals surface area contributed by atoms with Crippen molar-refractivity contribution in [3.8, 4) is 0 Å². The maximum Gasteiger partial charge on any atom is 0.252 e. The number of halogens is 3. The van der Waals surface area contributed by atoms with Crippen LogP contribution in [0.4, 0.5) is 0 Å². The van der Waals surface area contributed by atoms with Crippen molar-refractivity contribution < 1.29 is 4.79 Å². The zero-order valence-electron chi connectivity index (χ0n) is 11.3. The Kier molecular flexibility index (Phi) is 6.34. The van der Waals surface area contributed by atoms with Crippen LogP contribution in [0.25, 0.3) is 0 Å². The van der Waals surface area contributed by atoms with E-state index in [2.05, 4.69) is 57.9 Å². The summed E-state index contributed by atoms with van der Waals surface area (Å²) in [6.07, 6.45) is 0.986. The Hall–Kier alpha value is -0.0600. The molecule has 106 valence electrons. The van der Waals surface area contributed by atoms with Crippen LogP contribution in [0.2, 0.25) is 5.02 Å². The zero-order chi connectivity index (χ0) is 14.6. The van der Waals surface area contributed by atoms with Gasteiger partial charge in [0, 0.05) is 15.8 Å². The molecule has 1 aromatic carbocycles. The summed E-state index contributed by atoms with van der Waals surface area (Å²) in [5.41, 5.74) is 0.721. The molecule has 1 atom stereocenters. The van der Waals surface area contributed by atoms with E-state index in [1.54, 1.807) is 12.1 Å². The fourth-order valence-electron chi connectivity index (χ4n) is 1.71. The Balaban J connectivity index is 2.59. The van der Waals surface area contributed by atoms with Gasteiger partial charge in [-0.3, -0.25) is 4.79 Å². The number of nitrogens with one attached hydrogen (secondary N) is 1. The molecule has 1 rings (SSSR count). The molecule has 1 amide bonds. The molecular weight excluding hydrogens is 393 g/mol. The van der Waals surface area contributed by atoms with Crippen molar-refractivity contribution >= 4 is 49.4 Å². The Morgan fingerprint density at radius 1 is 1.42 bits per heavy atom. The van der Waals surface area contributed by atoms with Crippen molar-refractivity contribution in [3.05, 3.63) is 33.3 Å². The first kappa shape index (κ1) is 17.0. The molecule has 2 nitrogen and oxygen atoms in total. The van der Waals surface area contributed by atoms with Gasteiger partial charge in [-0.2, -0.15) is 0 Å². The van der Waals surface area contributed by atoms with Gasteiger partial charge in [0.1, 0.15) is 0 Å². The lowest BCUT2D eigenvalue weighted by atomic mass is 9.90. The maximum atomic E-state index is 12.1. The van der Waals surface area contributed by atoms with Crippen LogP contribution in [-0.4, -0.2) is 17.3 Å². The summed E-state index contributed by atoms with van der Waals surface area (Å²) in [5, 5.41) is 3.34. The van der Waals surface area contributed by atoms with Crippen LogP contribution >= 0.6 is 43.5 Å². The van der Waals surface area contributed by atoms with E-state index in [0.717, 1.165) is 10.9 Å². The fourth-order valence-corrected chi connectivity index (χ4v) is 3.43. The molecule has 0 radical (unpaired) electrons. The fraction of sp³-hybridized carbons (Fsp3) is 0.500. The minimum Gasteiger partial charge on any atom is -0.351 e. The van der Waals surface area contributed by atoms with E-state index in [1.807, 2.05) is 6.07 Å². The molecule has 0 aliphatic rings.